The fourth-order valence-corrected chi connectivity index (χ4v) is 2.52. The third-order valence-corrected chi connectivity index (χ3v) is 3.69. The van der Waals surface area contributed by atoms with Gasteiger partial charge in [-0.2, -0.15) is 0 Å². The minimum atomic E-state index is 0.657. The maximum Gasteiger partial charge on any atom is 0.105 e. The molecule has 0 saturated heterocycles. The fraction of sp³-hybridized carbons (Fsp3) is 0.273. The molecule has 0 amide bonds. The van der Waals surface area contributed by atoms with Crippen molar-refractivity contribution in [2.45, 2.75) is 20.8 Å². The molecule has 0 aliphatic carbocycles. The first-order valence-corrected chi connectivity index (χ1v) is 7.25. The van der Waals surface area contributed by atoms with Gasteiger partial charge in [0.2, 0.25) is 0 Å². The number of aryl methyl sites for hydroxylation is 1. The van der Waals surface area contributed by atoms with Crippen LogP contribution in [0.25, 0.3) is 0 Å². The van der Waals surface area contributed by atoms with Crippen molar-refractivity contribution >= 4 is 50.9 Å². The van der Waals surface area contributed by atoms with E-state index in [0.29, 0.717) is 10.0 Å². The molecular formula is C11H15Cl2NS2. The maximum absolute atomic E-state index is 5.58. The molecule has 0 saturated carbocycles. The molecule has 0 aromatic carbocycles. The molecular weight excluding hydrogens is 281 g/mol. The SMILES string of the molecule is CC.Cc1ccc(Cl)s1.Nc1sccc1Cl. The number of nitrogen functional groups attached to an aromatic ring is 1. The van der Waals surface area contributed by atoms with Crippen LogP contribution in [0.4, 0.5) is 5.00 Å². The van der Waals surface area contributed by atoms with E-state index >= 15 is 0 Å². The molecule has 90 valence electrons. The van der Waals surface area contributed by atoms with Gasteiger partial charge in [-0.05, 0) is 30.5 Å². The minimum Gasteiger partial charge on any atom is -0.389 e. The highest BCUT2D eigenvalue weighted by atomic mass is 35.5. The number of halogens is 2. The molecule has 2 rings (SSSR count). The lowest BCUT2D eigenvalue weighted by molar-refractivity contribution is 1.50. The van der Waals surface area contributed by atoms with Crippen LogP contribution in [0, 0.1) is 6.92 Å². The van der Waals surface area contributed by atoms with Crippen LogP contribution >= 0.6 is 45.9 Å². The zero-order valence-corrected chi connectivity index (χ0v) is 12.6. The molecule has 0 spiro atoms. The molecule has 1 nitrogen and oxygen atoms in total. The highest BCUT2D eigenvalue weighted by molar-refractivity contribution is 7.16. The van der Waals surface area contributed by atoms with Crippen LogP contribution in [0.2, 0.25) is 9.36 Å². The number of hydrogen-bond acceptors (Lipinski definition) is 3. The Morgan fingerprint density at radius 2 is 1.75 bits per heavy atom. The second-order valence-electron chi connectivity index (χ2n) is 2.48. The van der Waals surface area contributed by atoms with Crippen molar-refractivity contribution < 1.29 is 0 Å². The molecule has 2 aromatic heterocycles. The average molecular weight is 296 g/mol. The summed E-state index contributed by atoms with van der Waals surface area (Å²) in [6, 6.07) is 5.69. The van der Waals surface area contributed by atoms with Crippen molar-refractivity contribution in [2.24, 2.45) is 0 Å². The fourth-order valence-electron chi connectivity index (χ4n) is 0.710. The Kier molecular flexibility index (Phi) is 8.76. The molecule has 0 unspecified atom stereocenters. The number of hydrogen-bond donors (Lipinski definition) is 1. The van der Waals surface area contributed by atoms with Gasteiger partial charge in [-0.1, -0.05) is 37.0 Å². The first kappa shape index (κ1) is 15.8. The summed E-state index contributed by atoms with van der Waals surface area (Å²) < 4.78 is 0.873. The lowest BCUT2D eigenvalue weighted by Crippen LogP contribution is -1.75. The van der Waals surface area contributed by atoms with E-state index in [1.807, 2.05) is 38.3 Å². The van der Waals surface area contributed by atoms with Crippen LogP contribution in [0.5, 0.6) is 0 Å². The van der Waals surface area contributed by atoms with E-state index < -0.39 is 0 Å². The van der Waals surface area contributed by atoms with Crippen molar-refractivity contribution in [3.63, 3.8) is 0 Å². The third kappa shape index (κ3) is 6.38. The molecule has 0 bridgehead atoms. The summed E-state index contributed by atoms with van der Waals surface area (Å²) in [5.74, 6) is 0. The predicted molar refractivity (Wildman–Crippen MR) is 79.2 cm³/mol. The number of rotatable bonds is 0. The molecule has 0 fully saturated rings. The van der Waals surface area contributed by atoms with E-state index in [2.05, 4.69) is 0 Å². The monoisotopic (exact) mass is 295 g/mol. The highest BCUT2D eigenvalue weighted by Crippen LogP contribution is 2.23. The van der Waals surface area contributed by atoms with E-state index in [-0.39, 0.29) is 0 Å². The molecule has 0 atom stereocenters. The van der Waals surface area contributed by atoms with Gasteiger partial charge >= 0.3 is 0 Å². The smallest absolute Gasteiger partial charge is 0.105 e. The molecule has 2 N–H and O–H groups in total. The van der Waals surface area contributed by atoms with Gasteiger partial charge in [0, 0.05) is 4.88 Å². The first-order chi connectivity index (χ1) is 7.59. The maximum atomic E-state index is 5.58. The van der Waals surface area contributed by atoms with Gasteiger partial charge in [-0.15, -0.1) is 22.7 Å². The Bertz CT molecular complexity index is 363. The van der Waals surface area contributed by atoms with E-state index in [0.717, 1.165) is 4.34 Å². The molecule has 16 heavy (non-hydrogen) atoms. The Balaban J connectivity index is 0.000000244. The van der Waals surface area contributed by atoms with Crippen molar-refractivity contribution in [3.8, 4) is 0 Å². The zero-order chi connectivity index (χ0) is 12.6. The molecule has 0 radical (unpaired) electrons. The quantitative estimate of drug-likeness (QED) is 0.661. The van der Waals surface area contributed by atoms with Gasteiger partial charge in [-0.25, -0.2) is 0 Å². The zero-order valence-electron chi connectivity index (χ0n) is 9.46. The largest absolute Gasteiger partial charge is 0.389 e. The molecule has 5 heteroatoms. The van der Waals surface area contributed by atoms with Crippen LogP contribution in [0.15, 0.2) is 23.6 Å². The summed E-state index contributed by atoms with van der Waals surface area (Å²) >= 11 is 14.1. The molecule has 2 heterocycles. The van der Waals surface area contributed by atoms with Gasteiger partial charge in [0.15, 0.2) is 0 Å². The summed E-state index contributed by atoms with van der Waals surface area (Å²) in [4.78, 5) is 1.27. The van der Waals surface area contributed by atoms with Crippen LogP contribution in [0.1, 0.15) is 18.7 Å². The standard InChI is InChI=1S/C5H5ClS.C4H4ClNS.C2H6/c1-4-2-3-5(6)7-4;5-3-1-2-7-4(3)6;1-2/h2-3H,1H3;1-2H,6H2;1-2H3. The second-order valence-corrected chi connectivity index (χ2v) is 5.76. The summed E-state index contributed by atoms with van der Waals surface area (Å²) in [7, 11) is 0. The number of thiophene rings is 2. The summed E-state index contributed by atoms with van der Waals surface area (Å²) in [5, 5.41) is 3.21. The summed E-state index contributed by atoms with van der Waals surface area (Å²) in [6.45, 7) is 6.04. The van der Waals surface area contributed by atoms with Crippen LogP contribution in [0.3, 0.4) is 0 Å². The molecule has 2 aromatic rings. The van der Waals surface area contributed by atoms with Gasteiger partial charge in [0.25, 0.3) is 0 Å². The van der Waals surface area contributed by atoms with Gasteiger partial charge < -0.3 is 5.73 Å². The van der Waals surface area contributed by atoms with E-state index in [1.165, 1.54) is 16.2 Å². The Morgan fingerprint density at radius 1 is 1.12 bits per heavy atom. The predicted octanol–water partition coefficient (Wildman–Crippen LogP) is 5.72. The van der Waals surface area contributed by atoms with Crippen LogP contribution < -0.4 is 5.73 Å². The number of anilines is 1. The van der Waals surface area contributed by atoms with E-state index in [9.17, 15) is 0 Å². The normalized spacial score (nSPS) is 8.56. The second kappa shape index (κ2) is 8.88. The molecule has 0 aliphatic heterocycles. The van der Waals surface area contributed by atoms with Gasteiger partial charge in [0.1, 0.15) is 5.00 Å². The Morgan fingerprint density at radius 3 is 1.88 bits per heavy atom. The van der Waals surface area contributed by atoms with Gasteiger partial charge in [-0.3, -0.25) is 0 Å². The van der Waals surface area contributed by atoms with Crippen molar-refractivity contribution in [3.05, 3.63) is 37.8 Å². The van der Waals surface area contributed by atoms with Crippen LogP contribution in [-0.4, -0.2) is 0 Å². The highest BCUT2D eigenvalue weighted by Gasteiger charge is 1.90. The lowest BCUT2D eigenvalue weighted by atomic mass is 10.5. The lowest BCUT2D eigenvalue weighted by Gasteiger charge is -1.78. The molecule has 0 aliphatic rings. The summed E-state index contributed by atoms with van der Waals surface area (Å²) in [5.41, 5.74) is 5.33. The summed E-state index contributed by atoms with van der Waals surface area (Å²) in [6.07, 6.45) is 0. The average Bonchev–Trinajstić information content (AvgIpc) is 2.81. The first-order valence-electron chi connectivity index (χ1n) is 4.80. The Labute approximate surface area is 115 Å². The van der Waals surface area contributed by atoms with E-state index in [1.54, 1.807) is 17.4 Å². The van der Waals surface area contributed by atoms with Gasteiger partial charge in [0.05, 0.1) is 9.36 Å². The minimum absolute atomic E-state index is 0.657. The number of nitrogens with two attached hydrogens (primary N) is 1. The topological polar surface area (TPSA) is 26.0 Å². The van der Waals surface area contributed by atoms with Crippen molar-refractivity contribution in [1.82, 2.24) is 0 Å². The third-order valence-electron chi connectivity index (χ3n) is 1.35. The van der Waals surface area contributed by atoms with Crippen molar-refractivity contribution in [1.29, 1.82) is 0 Å². The van der Waals surface area contributed by atoms with Crippen LogP contribution in [-0.2, 0) is 0 Å². The van der Waals surface area contributed by atoms with Crippen molar-refractivity contribution in [2.75, 3.05) is 5.73 Å². The Hall–Kier alpha value is -0.220. The van der Waals surface area contributed by atoms with E-state index in [4.69, 9.17) is 28.9 Å².